The SMILES string of the molecule is CCC(C)C.CCC(CC(C)c1ccccc1)c1ccc([N+](C)(C)C)cc1. The number of hydrogen-bond donors (Lipinski definition) is 0. The summed E-state index contributed by atoms with van der Waals surface area (Å²) < 4.78 is 0.873. The fraction of sp³-hybridized carbons (Fsp3) is 0.538. The van der Waals surface area contributed by atoms with Crippen LogP contribution in [0.1, 0.15) is 76.8 Å². The van der Waals surface area contributed by atoms with Gasteiger partial charge >= 0.3 is 0 Å². The highest BCUT2D eigenvalue weighted by Gasteiger charge is 2.17. The fourth-order valence-electron chi connectivity index (χ4n) is 3.08. The molecule has 27 heavy (non-hydrogen) atoms. The first-order valence-electron chi connectivity index (χ1n) is 10.7. The summed E-state index contributed by atoms with van der Waals surface area (Å²) in [5.41, 5.74) is 4.28. The van der Waals surface area contributed by atoms with E-state index in [2.05, 4.69) is 110 Å². The molecule has 0 spiro atoms. The molecule has 2 aromatic carbocycles. The summed E-state index contributed by atoms with van der Waals surface area (Å²) >= 11 is 0. The van der Waals surface area contributed by atoms with Gasteiger partial charge in [-0.1, -0.05) is 83.5 Å². The largest absolute Gasteiger partial charge is 0.298 e. The Morgan fingerprint density at radius 3 is 1.63 bits per heavy atom. The van der Waals surface area contributed by atoms with Gasteiger partial charge in [0, 0.05) is 0 Å². The normalized spacial score (nSPS) is 13.7. The van der Waals surface area contributed by atoms with Crippen LogP contribution in [0, 0.1) is 5.92 Å². The molecule has 0 N–H and O–H groups in total. The van der Waals surface area contributed by atoms with Gasteiger partial charge in [-0.05, 0) is 53.9 Å². The van der Waals surface area contributed by atoms with Gasteiger partial charge in [0.05, 0.1) is 21.1 Å². The maximum atomic E-state index is 2.35. The molecule has 0 aliphatic heterocycles. The van der Waals surface area contributed by atoms with E-state index in [1.165, 1.54) is 36.1 Å². The number of nitrogens with zero attached hydrogens (tertiary/aromatic N) is 1. The lowest BCUT2D eigenvalue weighted by molar-refractivity contribution is 0.485. The van der Waals surface area contributed by atoms with E-state index in [1.807, 2.05) is 0 Å². The molecule has 2 rings (SSSR count). The van der Waals surface area contributed by atoms with E-state index in [0.29, 0.717) is 11.8 Å². The molecule has 0 bridgehead atoms. The lowest BCUT2D eigenvalue weighted by atomic mass is 9.84. The summed E-state index contributed by atoms with van der Waals surface area (Å²) in [6.45, 7) is 11.3. The molecule has 0 aliphatic rings. The first-order chi connectivity index (χ1) is 12.7. The first-order valence-corrected chi connectivity index (χ1v) is 10.7. The van der Waals surface area contributed by atoms with Gasteiger partial charge in [0.25, 0.3) is 0 Å². The van der Waals surface area contributed by atoms with Crippen molar-refractivity contribution in [1.82, 2.24) is 4.48 Å². The molecule has 0 amide bonds. The molecule has 1 heteroatoms. The summed E-state index contributed by atoms with van der Waals surface area (Å²) in [4.78, 5) is 0. The number of benzene rings is 2. The Bertz CT molecular complexity index is 620. The van der Waals surface area contributed by atoms with Gasteiger partial charge in [-0.3, -0.25) is 4.48 Å². The molecule has 150 valence electrons. The smallest absolute Gasteiger partial charge is 0.132 e. The topological polar surface area (TPSA) is 0 Å². The molecular weight excluding hydrogens is 326 g/mol. The second-order valence-electron chi connectivity index (χ2n) is 9.06. The Kier molecular flexibility index (Phi) is 9.80. The van der Waals surface area contributed by atoms with Crippen molar-refractivity contribution in [3.63, 3.8) is 0 Å². The van der Waals surface area contributed by atoms with Crippen LogP contribution < -0.4 is 4.48 Å². The van der Waals surface area contributed by atoms with Gasteiger partial charge in [0.2, 0.25) is 0 Å². The highest BCUT2D eigenvalue weighted by Crippen LogP contribution is 2.33. The van der Waals surface area contributed by atoms with E-state index >= 15 is 0 Å². The maximum Gasteiger partial charge on any atom is 0.132 e. The maximum absolute atomic E-state index is 2.35. The summed E-state index contributed by atoms with van der Waals surface area (Å²) in [7, 11) is 6.64. The molecule has 0 saturated carbocycles. The fourth-order valence-corrected chi connectivity index (χ4v) is 3.08. The average Bonchev–Trinajstić information content (AvgIpc) is 2.66. The van der Waals surface area contributed by atoms with Crippen LogP contribution in [0.2, 0.25) is 0 Å². The average molecular weight is 369 g/mol. The van der Waals surface area contributed by atoms with Gasteiger partial charge in [-0.2, -0.15) is 0 Å². The standard InChI is InChI=1S/C21H30N.C5H12/c1-6-18(16-17(2)19-10-8-7-9-11-19)20-12-14-21(15-13-20)22(3,4)5;1-4-5(2)3/h7-15,17-18H,6,16H2,1-5H3;5H,4H2,1-3H3/q+1;. The lowest BCUT2D eigenvalue weighted by Gasteiger charge is -2.25. The number of hydrogen-bond acceptors (Lipinski definition) is 0. The quantitative estimate of drug-likeness (QED) is 0.441. The van der Waals surface area contributed by atoms with Crippen molar-refractivity contribution in [1.29, 1.82) is 0 Å². The molecule has 0 aliphatic carbocycles. The zero-order valence-corrected chi connectivity index (χ0v) is 19.0. The minimum absolute atomic E-state index is 0.601. The van der Waals surface area contributed by atoms with Crippen molar-refractivity contribution in [3.05, 3.63) is 65.7 Å². The van der Waals surface area contributed by atoms with Crippen molar-refractivity contribution in [2.24, 2.45) is 5.92 Å². The Morgan fingerprint density at radius 2 is 1.22 bits per heavy atom. The van der Waals surface area contributed by atoms with E-state index in [4.69, 9.17) is 0 Å². The first kappa shape index (κ1) is 23.4. The minimum atomic E-state index is 0.601. The third-order valence-electron chi connectivity index (χ3n) is 5.46. The van der Waals surface area contributed by atoms with Crippen LogP contribution in [0.25, 0.3) is 0 Å². The molecule has 0 heterocycles. The summed E-state index contributed by atoms with van der Waals surface area (Å²) in [6, 6.07) is 20.1. The Hall–Kier alpha value is -1.60. The van der Waals surface area contributed by atoms with Gasteiger partial charge in [0.15, 0.2) is 0 Å². The third kappa shape index (κ3) is 8.30. The van der Waals surface area contributed by atoms with Crippen LogP contribution >= 0.6 is 0 Å². The molecule has 1 nitrogen and oxygen atoms in total. The molecule has 2 atom stereocenters. The summed E-state index contributed by atoms with van der Waals surface area (Å²) in [5, 5.41) is 0. The zero-order valence-electron chi connectivity index (χ0n) is 19.0. The van der Waals surface area contributed by atoms with Crippen LogP contribution in [0.15, 0.2) is 54.6 Å². The van der Waals surface area contributed by atoms with E-state index in [1.54, 1.807) is 0 Å². The third-order valence-corrected chi connectivity index (χ3v) is 5.46. The predicted octanol–water partition coefficient (Wildman–Crippen LogP) is 7.62. The molecule has 0 fully saturated rings. The van der Waals surface area contributed by atoms with Gasteiger partial charge in [-0.15, -0.1) is 0 Å². The monoisotopic (exact) mass is 368 g/mol. The van der Waals surface area contributed by atoms with E-state index in [9.17, 15) is 0 Å². The lowest BCUT2D eigenvalue weighted by Crippen LogP contribution is -2.34. The highest BCUT2D eigenvalue weighted by atomic mass is 15.3. The highest BCUT2D eigenvalue weighted by molar-refractivity contribution is 5.43. The molecule has 0 aromatic heterocycles. The Morgan fingerprint density at radius 1 is 0.704 bits per heavy atom. The summed E-state index contributed by atoms with van der Waals surface area (Å²) in [6.07, 6.45) is 3.71. The van der Waals surface area contributed by atoms with Crippen LogP contribution in [-0.2, 0) is 0 Å². The zero-order chi connectivity index (χ0) is 20.4. The molecule has 0 saturated heterocycles. The molecule has 2 aromatic rings. The van der Waals surface area contributed by atoms with Crippen molar-refractivity contribution >= 4 is 5.69 Å². The molecular formula is C26H42N+. The van der Waals surface area contributed by atoms with E-state index in [0.717, 1.165) is 10.4 Å². The van der Waals surface area contributed by atoms with Gasteiger partial charge < -0.3 is 0 Å². The van der Waals surface area contributed by atoms with Gasteiger partial charge in [0.1, 0.15) is 5.69 Å². The molecule has 2 unspecified atom stereocenters. The van der Waals surface area contributed by atoms with Crippen LogP contribution in [-0.4, -0.2) is 21.1 Å². The minimum Gasteiger partial charge on any atom is -0.298 e. The summed E-state index contributed by atoms with van der Waals surface area (Å²) in [5.74, 6) is 2.12. The van der Waals surface area contributed by atoms with E-state index in [-0.39, 0.29) is 0 Å². The van der Waals surface area contributed by atoms with Crippen LogP contribution in [0.3, 0.4) is 0 Å². The van der Waals surface area contributed by atoms with Crippen molar-refractivity contribution in [2.75, 3.05) is 21.1 Å². The van der Waals surface area contributed by atoms with Crippen molar-refractivity contribution in [2.45, 2.75) is 65.7 Å². The molecule has 0 radical (unpaired) electrons. The van der Waals surface area contributed by atoms with Crippen LogP contribution in [0.4, 0.5) is 5.69 Å². The number of rotatable bonds is 7. The Labute approximate surface area is 169 Å². The van der Waals surface area contributed by atoms with Crippen LogP contribution in [0.5, 0.6) is 0 Å². The Balaban J connectivity index is 0.000000646. The van der Waals surface area contributed by atoms with Crippen molar-refractivity contribution in [3.8, 4) is 0 Å². The van der Waals surface area contributed by atoms with E-state index < -0.39 is 0 Å². The number of quaternary nitrogens is 1. The second kappa shape index (κ2) is 11.3. The van der Waals surface area contributed by atoms with Gasteiger partial charge in [-0.25, -0.2) is 0 Å². The van der Waals surface area contributed by atoms with Crippen molar-refractivity contribution < 1.29 is 0 Å². The predicted molar refractivity (Wildman–Crippen MR) is 124 cm³/mol. The second-order valence-corrected chi connectivity index (χ2v) is 9.06.